The van der Waals surface area contributed by atoms with Gasteiger partial charge in [0.2, 0.25) is 11.8 Å². The van der Waals surface area contributed by atoms with E-state index in [0.29, 0.717) is 13.0 Å². The first kappa shape index (κ1) is 21.7. The zero-order chi connectivity index (χ0) is 23.9. The van der Waals surface area contributed by atoms with E-state index in [-0.39, 0.29) is 24.4 Å². The highest BCUT2D eigenvalue weighted by Crippen LogP contribution is 2.41. The molecule has 176 valence electrons. The van der Waals surface area contributed by atoms with E-state index in [9.17, 15) is 9.59 Å². The summed E-state index contributed by atoms with van der Waals surface area (Å²) in [5.74, 6) is 0.0786. The van der Waals surface area contributed by atoms with Gasteiger partial charge in [-0.15, -0.1) is 0 Å². The van der Waals surface area contributed by atoms with E-state index in [1.165, 1.54) is 16.7 Å². The van der Waals surface area contributed by atoms with Gasteiger partial charge in [0.25, 0.3) is 0 Å². The molecule has 1 fully saturated rings. The molecule has 1 N–H and O–H groups in total. The molecule has 0 radical (unpaired) electrons. The van der Waals surface area contributed by atoms with Gasteiger partial charge in [-0.1, -0.05) is 78.4 Å². The maximum absolute atomic E-state index is 13.8. The van der Waals surface area contributed by atoms with Crippen LogP contribution in [0.15, 0.2) is 78.9 Å². The standard InChI is InChI=1S/C30H29N3O2/c1-20-11-13-22(14-12-20)18-32-19-28(34)33-26(16-15-21-7-3-2-4-8-21)29-24(17-27(33)30(32)35)23-9-5-6-10-25(23)31-29/h2-14,26-27,31H,15-19H2,1H3/t26?,27-/m1/s1. The summed E-state index contributed by atoms with van der Waals surface area (Å²) >= 11 is 0. The highest BCUT2D eigenvalue weighted by Gasteiger charge is 2.47. The lowest BCUT2D eigenvalue weighted by molar-refractivity contribution is -0.160. The first-order valence-electron chi connectivity index (χ1n) is 12.4. The van der Waals surface area contributed by atoms with Crippen molar-refractivity contribution in [3.05, 3.63) is 107 Å². The number of fused-ring (bicyclic) bond motifs is 4. The second-order valence-electron chi connectivity index (χ2n) is 9.80. The Hall–Kier alpha value is -3.86. The van der Waals surface area contributed by atoms with Gasteiger partial charge in [-0.2, -0.15) is 0 Å². The number of H-pyrrole nitrogens is 1. The van der Waals surface area contributed by atoms with Gasteiger partial charge in [-0.25, -0.2) is 0 Å². The lowest BCUT2D eigenvalue weighted by Gasteiger charge is -2.47. The minimum atomic E-state index is -0.464. The van der Waals surface area contributed by atoms with Crippen molar-refractivity contribution in [2.75, 3.05) is 6.54 Å². The average molecular weight is 464 g/mol. The van der Waals surface area contributed by atoms with Gasteiger partial charge in [0.15, 0.2) is 0 Å². The Morgan fingerprint density at radius 3 is 2.43 bits per heavy atom. The van der Waals surface area contributed by atoms with Gasteiger partial charge in [-0.05, 0) is 42.5 Å². The van der Waals surface area contributed by atoms with Crippen LogP contribution in [0.4, 0.5) is 0 Å². The number of piperazine rings is 1. The average Bonchev–Trinajstić information content (AvgIpc) is 3.25. The number of benzene rings is 3. The van der Waals surface area contributed by atoms with Crippen molar-refractivity contribution in [1.82, 2.24) is 14.8 Å². The van der Waals surface area contributed by atoms with Crippen molar-refractivity contribution in [1.29, 1.82) is 0 Å². The van der Waals surface area contributed by atoms with Gasteiger partial charge in [-0.3, -0.25) is 9.59 Å². The molecule has 2 amide bonds. The van der Waals surface area contributed by atoms with Crippen molar-refractivity contribution in [3.63, 3.8) is 0 Å². The minimum absolute atomic E-state index is 0.0316. The van der Waals surface area contributed by atoms with Crippen molar-refractivity contribution < 1.29 is 9.59 Å². The summed E-state index contributed by atoms with van der Waals surface area (Å²) in [6.07, 6.45) is 2.17. The number of carbonyl (C=O) groups is 2. The van der Waals surface area contributed by atoms with E-state index in [1.807, 2.05) is 54.3 Å². The number of rotatable bonds is 5. The number of hydrogen-bond acceptors (Lipinski definition) is 2. The third-order valence-electron chi connectivity index (χ3n) is 7.50. The molecule has 35 heavy (non-hydrogen) atoms. The molecule has 1 aromatic heterocycles. The molecule has 2 aliphatic rings. The fourth-order valence-electron chi connectivity index (χ4n) is 5.74. The third-order valence-corrected chi connectivity index (χ3v) is 7.50. The fraction of sp³-hybridized carbons (Fsp3) is 0.267. The molecule has 2 atom stereocenters. The Balaban J connectivity index is 1.35. The number of nitrogens with zero attached hydrogens (tertiary/aromatic N) is 2. The summed E-state index contributed by atoms with van der Waals surface area (Å²) in [4.78, 5) is 34.6. The second kappa shape index (κ2) is 8.73. The Kier molecular flexibility index (Phi) is 5.40. The lowest BCUT2D eigenvalue weighted by Crippen LogP contribution is -2.62. The summed E-state index contributed by atoms with van der Waals surface area (Å²) in [5, 5.41) is 1.16. The van der Waals surface area contributed by atoms with E-state index in [0.717, 1.165) is 35.0 Å². The summed E-state index contributed by atoms with van der Waals surface area (Å²) in [6.45, 7) is 2.64. The highest BCUT2D eigenvalue weighted by molar-refractivity contribution is 5.97. The normalized spacial score (nSPS) is 19.7. The lowest BCUT2D eigenvalue weighted by atomic mass is 9.86. The van der Waals surface area contributed by atoms with Crippen LogP contribution in [-0.2, 0) is 29.0 Å². The molecule has 1 unspecified atom stereocenters. The second-order valence-corrected chi connectivity index (χ2v) is 9.80. The molecule has 0 aliphatic carbocycles. The molecule has 3 aromatic carbocycles. The number of aromatic amines is 1. The predicted octanol–water partition coefficient (Wildman–Crippen LogP) is 4.95. The van der Waals surface area contributed by atoms with Crippen LogP contribution < -0.4 is 0 Å². The molecule has 2 aliphatic heterocycles. The molecular formula is C30H29N3O2. The molecule has 1 saturated heterocycles. The Labute approximate surface area is 205 Å². The van der Waals surface area contributed by atoms with Gasteiger partial charge < -0.3 is 14.8 Å². The first-order chi connectivity index (χ1) is 17.1. The number of carbonyl (C=O) groups excluding carboxylic acids is 2. The maximum Gasteiger partial charge on any atom is 0.246 e. The summed E-state index contributed by atoms with van der Waals surface area (Å²) in [7, 11) is 0. The summed E-state index contributed by atoms with van der Waals surface area (Å²) < 4.78 is 0. The van der Waals surface area contributed by atoms with Gasteiger partial charge >= 0.3 is 0 Å². The van der Waals surface area contributed by atoms with E-state index in [2.05, 4.69) is 41.4 Å². The molecule has 3 heterocycles. The number of aryl methyl sites for hydroxylation is 2. The van der Waals surface area contributed by atoms with Crippen LogP contribution in [0.3, 0.4) is 0 Å². The van der Waals surface area contributed by atoms with E-state index in [4.69, 9.17) is 0 Å². The Morgan fingerprint density at radius 1 is 0.886 bits per heavy atom. The monoisotopic (exact) mass is 463 g/mol. The number of nitrogens with one attached hydrogen (secondary N) is 1. The Morgan fingerprint density at radius 2 is 1.63 bits per heavy atom. The zero-order valence-electron chi connectivity index (χ0n) is 19.9. The van der Waals surface area contributed by atoms with Crippen LogP contribution >= 0.6 is 0 Å². The topological polar surface area (TPSA) is 56.4 Å². The Bertz CT molecular complexity index is 1390. The van der Waals surface area contributed by atoms with Crippen molar-refractivity contribution in [2.24, 2.45) is 0 Å². The van der Waals surface area contributed by atoms with Crippen molar-refractivity contribution >= 4 is 22.7 Å². The number of para-hydroxylation sites is 1. The largest absolute Gasteiger partial charge is 0.356 e. The number of amides is 2. The summed E-state index contributed by atoms with van der Waals surface area (Å²) in [6, 6.07) is 26.2. The number of aromatic nitrogens is 1. The molecule has 5 heteroatoms. The third kappa shape index (κ3) is 3.91. The molecule has 4 aromatic rings. The zero-order valence-corrected chi connectivity index (χ0v) is 19.9. The highest BCUT2D eigenvalue weighted by atomic mass is 16.2. The maximum atomic E-state index is 13.8. The van der Waals surface area contributed by atoms with Crippen LogP contribution in [-0.4, -0.2) is 39.2 Å². The van der Waals surface area contributed by atoms with Gasteiger partial charge in [0.1, 0.15) is 12.6 Å². The van der Waals surface area contributed by atoms with Gasteiger partial charge in [0, 0.05) is 29.6 Å². The van der Waals surface area contributed by atoms with Crippen LogP contribution in [0.5, 0.6) is 0 Å². The van der Waals surface area contributed by atoms with E-state index < -0.39 is 6.04 Å². The van der Waals surface area contributed by atoms with Crippen molar-refractivity contribution in [2.45, 2.75) is 44.8 Å². The van der Waals surface area contributed by atoms with Crippen LogP contribution in [0, 0.1) is 6.92 Å². The molecule has 6 rings (SSSR count). The molecular weight excluding hydrogens is 434 g/mol. The van der Waals surface area contributed by atoms with Crippen LogP contribution in [0.1, 0.15) is 40.4 Å². The van der Waals surface area contributed by atoms with Gasteiger partial charge in [0.05, 0.1) is 6.04 Å². The predicted molar refractivity (Wildman–Crippen MR) is 137 cm³/mol. The van der Waals surface area contributed by atoms with Crippen molar-refractivity contribution in [3.8, 4) is 0 Å². The first-order valence-corrected chi connectivity index (χ1v) is 12.4. The molecule has 0 saturated carbocycles. The molecule has 0 bridgehead atoms. The fourth-order valence-corrected chi connectivity index (χ4v) is 5.74. The minimum Gasteiger partial charge on any atom is -0.356 e. The van der Waals surface area contributed by atoms with E-state index in [1.54, 1.807) is 4.90 Å². The molecule has 0 spiro atoms. The molecule has 5 nitrogen and oxygen atoms in total. The summed E-state index contributed by atoms with van der Waals surface area (Å²) in [5.41, 5.74) is 6.81. The van der Waals surface area contributed by atoms with Crippen LogP contribution in [0.2, 0.25) is 0 Å². The SMILES string of the molecule is Cc1ccc(CN2CC(=O)N3C(CCc4ccccc4)c4[nH]c5ccccc5c4C[C@@H]3C2=O)cc1. The van der Waals surface area contributed by atoms with Crippen LogP contribution in [0.25, 0.3) is 10.9 Å². The number of hydrogen-bond donors (Lipinski definition) is 1. The van der Waals surface area contributed by atoms with E-state index >= 15 is 0 Å². The smallest absolute Gasteiger partial charge is 0.246 e. The quantitative estimate of drug-likeness (QED) is 0.456.